The van der Waals surface area contributed by atoms with Gasteiger partial charge in [-0.15, -0.1) is 0 Å². The average molecular weight is 326 g/mol. The number of halogens is 1. The molecule has 5 nitrogen and oxygen atoms in total. The first-order valence-electron chi connectivity index (χ1n) is 6.84. The predicted molar refractivity (Wildman–Crippen MR) is 90.9 cm³/mol. The fourth-order valence-corrected chi connectivity index (χ4v) is 2.18. The predicted octanol–water partition coefficient (Wildman–Crippen LogP) is 2.83. The molecular formula is C17H12ClN3O2. The number of benzene rings is 2. The van der Waals surface area contributed by atoms with E-state index in [9.17, 15) is 9.59 Å². The molecule has 23 heavy (non-hydrogen) atoms. The molecule has 0 aliphatic carbocycles. The fourth-order valence-electron chi connectivity index (χ4n) is 2.05. The number of carbonyl (C=O) groups is 1. The van der Waals surface area contributed by atoms with E-state index in [0.29, 0.717) is 15.9 Å². The van der Waals surface area contributed by atoms with Crippen LogP contribution < -0.4 is 11.0 Å². The number of fused-ring (bicyclic) bond motifs is 1. The monoisotopic (exact) mass is 325 g/mol. The van der Waals surface area contributed by atoms with Crippen LogP contribution in [0, 0.1) is 0 Å². The zero-order valence-corrected chi connectivity index (χ0v) is 12.7. The normalized spacial score (nSPS) is 11.0. The van der Waals surface area contributed by atoms with Crippen LogP contribution in [0.1, 0.15) is 5.56 Å². The lowest BCUT2D eigenvalue weighted by atomic mass is 10.2. The molecule has 0 fully saturated rings. The van der Waals surface area contributed by atoms with Crippen molar-refractivity contribution in [2.45, 2.75) is 0 Å². The van der Waals surface area contributed by atoms with E-state index in [1.807, 2.05) is 0 Å². The summed E-state index contributed by atoms with van der Waals surface area (Å²) in [4.78, 5) is 28.3. The molecule has 0 spiro atoms. The molecule has 1 heterocycles. The van der Waals surface area contributed by atoms with Gasteiger partial charge in [-0.05, 0) is 35.9 Å². The van der Waals surface area contributed by atoms with Crippen molar-refractivity contribution in [1.82, 2.24) is 9.66 Å². The van der Waals surface area contributed by atoms with E-state index in [2.05, 4.69) is 10.4 Å². The van der Waals surface area contributed by atoms with Crippen LogP contribution in [0.25, 0.3) is 17.0 Å². The molecule has 3 aromatic rings. The second-order valence-electron chi connectivity index (χ2n) is 4.80. The highest BCUT2D eigenvalue weighted by molar-refractivity contribution is 6.30. The Morgan fingerprint density at radius 2 is 1.87 bits per heavy atom. The lowest BCUT2D eigenvalue weighted by Crippen LogP contribution is -2.32. The number of nitrogens with one attached hydrogen (secondary N) is 1. The van der Waals surface area contributed by atoms with Gasteiger partial charge < -0.3 is 0 Å². The standard InChI is InChI=1S/C17H12ClN3O2/c18-13-8-5-12(6-9-13)7-10-16(22)20-21-11-19-15-4-2-1-3-14(15)17(21)23/h1-11H,(H,20,22). The van der Waals surface area contributed by atoms with Crippen molar-refractivity contribution < 1.29 is 4.79 Å². The van der Waals surface area contributed by atoms with Crippen molar-refractivity contribution in [2.24, 2.45) is 0 Å². The Morgan fingerprint density at radius 3 is 2.65 bits per heavy atom. The third-order valence-corrected chi connectivity index (χ3v) is 3.45. The summed E-state index contributed by atoms with van der Waals surface area (Å²) >= 11 is 5.80. The van der Waals surface area contributed by atoms with Crippen molar-refractivity contribution in [2.75, 3.05) is 5.43 Å². The molecular weight excluding hydrogens is 314 g/mol. The molecule has 0 saturated carbocycles. The minimum Gasteiger partial charge on any atom is -0.268 e. The molecule has 0 aliphatic heterocycles. The quantitative estimate of drug-likeness (QED) is 0.753. The highest BCUT2D eigenvalue weighted by Gasteiger charge is 2.04. The molecule has 3 rings (SSSR count). The Morgan fingerprint density at radius 1 is 1.13 bits per heavy atom. The van der Waals surface area contributed by atoms with Crippen LogP contribution in [0.2, 0.25) is 5.02 Å². The summed E-state index contributed by atoms with van der Waals surface area (Å²) < 4.78 is 1.07. The number of nitrogens with zero attached hydrogens (tertiary/aromatic N) is 2. The topological polar surface area (TPSA) is 64.0 Å². The minimum atomic E-state index is -0.431. The maximum absolute atomic E-state index is 12.2. The Balaban J connectivity index is 1.79. The van der Waals surface area contributed by atoms with Gasteiger partial charge in [0.1, 0.15) is 6.33 Å². The Kier molecular flexibility index (Phi) is 4.21. The zero-order chi connectivity index (χ0) is 16.2. The van der Waals surface area contributed by atoms with Gasteiger partial charge in [-0.25, -0.2) is 9.66 Å². The molecule has 0 unspecified atom stereocenters. The third kappa shape index (κ3) is 3.46. The zero-order valence-electron chi connectivity index (χ0n) is 11.9. The second-order valence-corrected chi connectivity index (χ2v) is 5.23. The van der Waals surface area contributed by atoms with Gasteiger partial charge in [0, 0.05) is 11.1 Å². The summed E-state index contributed by atoms with van der Waals surface area (Å²) in [6, 6.07) is 14.0. The van der Waals surface area contributed by atoms with Crippen LogP contribution in [0.5, 0.6) is 0 Å². The number of para-hydroxylation sites is 1. The molecule has 2 aromatic carbocycles. The van der Waals surface area contributed by atoms with Gasteiger partial charge >= 0.3 is 0 Å². The van der Waals surface area contributed by atoms with Crippen molar-refractivity contribution >= 4 is 34.5 Å². The summed E-state index contributed by atoms with van der Waals surface area (Å²) in [6.07, 6.45) is 4.26. The van der Waals surface area contributed by atoms with Crippen LogP contribution in [-0.2, 0) is 4.79 Å². The highest BCUT2D eigenvalue weighted by atomic mass is 35.5. The molecule has 1 amide bonds. The number of aromatic nitrogens is 2. The van der Waals surface area contributed by atoms with Crippen molar-refractivity contribution in [3.63, 3.8) is 0 Å². The number of hydrogen-bond donors (Lipinski definition) is 1. The van der Waals surface area contributed by atoms with Crippen LogP contribution in [-0.4, -0.2) is 15.6 Å². The first-order valence-corrected chi connectivity index (χ1v) is 7.22. The van der Waals surface area contributed by atoms with Crippen molar-refractivity contribution in [3.05, 3.63) is 81.9 Å². The Labute approximate surface area is 136 Å². The first-order chi connectivity index (χ1) is 11.1. The summed E-state index contributed by atoms with van der Waals surface area (Å²) in [6.45, 7) is 0. The van der Waals surface area contributed by atoms with E-state index >= 15 is 0 Å². The maximum Gasteiger partial charge on any atom is 0.280 e. The van der Waals surface area contributed by atoms with Crippen LogP contribution in [0.3, 0.4) is 0 Å². The van der Waals surface area contributed by atoms with Gasteiger partial charge in [-0.1, -0.05) is 35.9 Å². The first kappa shape index (κ1) is 15.0. The minimum absolute atomic E-state index is 0.330. The smallest absolute Gasteiger partial charge is 0.268 e. The lowest BCUT2D eigenvalue weighted by molar-refractivity contribution is -0.112. The van der Waals surface area contributed by atoms with E-state index in [4.69, 9.17) is 11.6 Å². The second kappa shape index (κ2) is 6.46. The molecule has 6 heteroatoms. The summed E-state index contributed by atoms with van der Waals surface area (Å²) in [5, 5.41) is 1.07. The van der Waals surface area contributed by atoms with Gasteiger partial charge in [0.25, 0.3) is 11.5 Å². The third-order valence-electron chi connectivity index (χ3n) is 3.19. The molecule has 0 radical (unpaired) electrons. The lowest BCUT2D eigenvalue weighted by Gasteiger charge is -2.06. The van der Waals surface area contributed by atoms with Gasteiger partial charge in [0.2, 0.25) is 0 Å². The number of rotatable bonds is 3. The van der Waals surface area contributed by atoms with Gasteiger partial charge in [0.15, 0.2) is 0 Å². The summed E-state index contributed by atoms with van der Waals surface area (Å²) in [5.74, 6) is -0.431. The van der Waals surface area contributed by atoms with Gasteiger partial charge in [-0.2, -0.15) is 0 Å². The Bertz CT molecular complexity index is 946. The highest BCUT2D eigenvalue weighted by Crippen LogP contribution is 2.10. The molecule has 0 bridgehead atoms. The number of hydrogen-bond acceptors (Lipinski definition) is 3. The van der Waals surface area contributed by atoms with E-state index < -0.39 is 5.91 Å². The van der Waals surface area contributed by atoms with E-state index in [1.165, 1.54) is 12.4 Å². The summed E-state index contributed by atoms with van der Waals surface area (Å²) in [7, 11) is 0. The summed E-state index contributed by atoms with van der Waals surface area (Å²) in [5.41, 5.74) is 3.55. The molecule has 0 aliphatic rings. The fraction of sp³-hybridized carbons (Fsp3) is 0. The van der Waals surface area contributed by atoms with E-state index in [1.54, 1.807) is 54.6 Å². The molecule has 0 saturated heterocycles. The van der Waals surface area contributed by atoms with Crippen molar-refractivity contribution in [1.29, 1.82) is 0 Å². The molecule has 1 aromatic heterocycles. The van der Waals surface area contributed by atoms with Crippen LogP contribution in [0.15, 0.2) is 65.7 Å². The molecule has 1 N–H and O–H groups in total. The molecule has 114 valence electrons. The molecule has 0 atom stereocenters. The van der Waals surface area contributed by atoms with Crippen LogP contribution in [0.4, 0.5) is 0 Å². The largest absolute Gasteiger partial charge is 0.280 e. The van der Waals surface area contributed by atoms with Gasteiger partial charge in [-0.3, -0.25) is 15.0 Å². The number of amides is 1. The maximum atomic E-state index is 12.2. The Hall–Kier alpha value is -2.92. The van der Waals surface area contributed by atoms with E-state index in [0.717, 1.165) is 10.2 Å². The van der Waals surface area contributed by atoms with E-state index in [-0.39, 0.29) is 5.56 Å². The van der Waals surface area contributed by atoms with Crippen molar-refractivity contribution in [3.8, 4) is 0 Å². The number of carbonyl (C=O) groups excluding carboxylic acids is 1. The average Bonchev–Trinajstić information content (AvgIpc) is 2.57. The SMILES string of the molecule is O=C(C=Cc1ccc(Cl)cc1)Nn1cnc2ccccc2c1=O. The van der Waals surface area contributed by atoms with Crippen LogP contribution >= 0.6 is 11.6 Å². The van der Waals surface area contributed by atoms with Gasteiger partial charge in [0.05, 0.1) is 10.9 Å².